The number of nitrogens with one attached hydrogen (secondary N) is 2. The van der Waals surface area contributed by atoms with Crippen molar-refractivity contribution in [3.05, 3.63) is 30.3 Å². The molecule has 0 spiro atoms. The fraction of sp³-hybridized carbons (Fsp3) is 0.333. The van der Waals surface area contributed by atoms with Crippen molar-refractivity contribution in [1.29, 1.82) is 0 Å². The van der Waals surface area contributed by atoms with Gasteiger partial charge in [-0.3, -0.25) is 9.59 Å². The Morgan fingerprint density at radius 2 is 1.83 bits per heavy atom. The zero-order valence-corrected chi connectivity index (χ0v) is 10.8. The van der Waals surface area contributed by atoms with Crippen LogP contribution in [0.25, 0.3) is 0 Å². The maximum absolute atomic E-state index is 11.4. The van der Waals surface area contributed by atoms with Crippen LogP contribution in [0.5, 0.6) is 5.75 Å². The molecule has 0 atom stereocenters. The standard InChI is InChI=1S/C12H16N2O3S/c15-11(13-6-7-18)8-14-12(16)9-17-10-4-2-1-3-5-10/h1-5,18H,6-9H2,(H,13,15)(H,14,16). The van der Waals surface area contributed by atoms with Crippen LogP contribution in [-0.2, 0) is 9.59 Å². The Bertz CT molecular complexity index is 384. The topological polar surface area (TPSA) is 67.4 Å². The van der Waals surface area contributed by atoms with Crippen LogP contribution in [-0.4, -0.2) is 37.3 Å². The highest BCUT2D eigenvalue weighted by molar-refractivity contribution is 7.80. The second kappa shape index (κ2) is 8.41. The number of carbonyl (C=O) groups excluding carboxylic acids is 2. The van der Waals surface area contributed by atoms with Crippen LogP contribution in [0.15, 0.2) is 30.3 Å². The minimum Gasteiger partial charge on any atom is -0.484 e. The molecule has 0 bridgehead atoms. The first kappa shape index (κ1) is 14.4. The summed E-state index contributed by atoms with van der Waals surface area (Å²) in [6, 6.07) is 9.01. The van der Waals surface area contributed by atoms with Gasteiger partial charge in [0.25, 0.3) is 5.91 Å². The van der Waals surface area contributed by atoms with Crippen molar-refractivity contribution < 1.29 is 14.3 Å². The molecule has 0 aliphatic carbocycles. The number of amides is 2. The van der Waals surface area contributed by atoms with Crippen molar-refractivity contribution in [2.75, 3.05) is 25.4 Å². The maximum Gasteiger partial charge on any atom is 0.258 e. The fourth-order valence-electron chi connectivity index (χ4n) is 1.15. The Hall–Kier alpha value is -1.69. The lowest BCUT2D eigenvalue weighted by atomic mass is 10.3. The Kier molecular flexibility index (Phi) is 6.71. The summed E-state index contributed by atoms with van der Waals surface area (Å²) in [7, 11) is 0. The minimum absolute atomic E-state index is 0.0508. The van der Waals surface area contributed by atoms with E-state index in [0.29, 0.717) is 18.0 Å². The molecule has 2 amide bonds. The third-order valence-corrected chi connectivity index (χ3v) is 2.22. The van der Waals surface area contributed by atoms with Gasteiger partial charge in [0.15, 0.2) is 6.61 Å². The molecule has 0 radical (unpaired) electrons. The summed E-state index contributed by atoms with van der Waals surface area (Å²) in [4.78, 5) is 22.5. The Labute approximate surface area is 111 Å². The van der Waals surface area contributed by atoms with Crippen LogP contribution in [0.2, 0.25) is 0 Å². The average molecular weight is 268 g/mol. The van der Waals surface area contributed by atoms with Crippen molar-refractivity contribution in [1.82, 2.24) is 10.6 Å². The van der Waals surface area contributed by atoms with Gasteiger partial charge in [0.1, 0.15) is 5.75 Å². The predicted octanol–water partition coefficient (Wildman–Crippen LogP) is 0.228. The summed E-state index contributed by atoms with van der Waals surface area (Å²) < 4.78 is 5.23. The second-order valence-corrected chi connectivity index (χ2v) is 3.90. The third kappa shape index (κ3) is 6.15. The van der Waals surface area contributed by atoms with Gasteiger partial charge in [0, 0.05) is 12.3 Å². The molecule has 0 saturated carbocycles. The summed E-state index contributed by atoms with van der Waals surface area (Å²) in [6.07, 6.45) is 0. The fourth-order valence-corrected chi connectivity index (χ4v) is 1.27. The molecule has 0 saturated heterocycles. The molecule has 2 N–H and O–H groups in total. The van der Waals surface area contributed by atoms with Crippen LogP contribution < -0.4 is 15.4 Å². The highest BCUT2D eigenvalue weighted by Gasteiger charge is 2.05. The number of thiol groups is 1. The van der Waals surface area contributed by atoms with Gasteiger partial charge >= 0.3 is 0 Å². The van der Waals surface area contributed by atoms with Gasteiger partial charge in [0.2, 0.25) is 5.91 Å². The molecule has 0 heterocycles. The van der Waals surface area contributed by atoms with Crippen LogP contribution in [0, 0.1) is 0 Å². The zero-order chi connectivity index (χ0) is 13.2. The lowest BCUT2D eigenvalue weighted by Gasteiger charge is -2.07. The van der Waals surface area contributed by atoms with Crippen molar-refractivity contribution >= 4 is 24.4 Å². The highest BCUT2D eigenvalue weighted by Crippen LogP contribution is 2.07. The molecule has 0 aliphatic heterocycles. The first-order valence-electron chi connectivity index (χ1n) is 5.54. The van der Waals surface area contributed by atoms with E-state index in [1.165, 1.54) is 0 Å². The van der Waals surface area contributed by atoms with Crippen molar-refractivity contribution in [2.45, 2.75) is 0 Å². The van der Waals surface area contributed by atoms with Crippen molar-refractivity contribution in [3.63, 3.8) is 0 Å². The number of hydrogen-bond acceptors (Lipinski definition) is 4. The van der Waals surface area contributed by atoms with E-state index in [4.69, 9.17) is 4.74 Å². The van der Waals surface area contributed by atoms with E-state index >= 15 is 0 Å². The number of ether oxygens (including phenoxy) is 1. The molecule has 0 aliphatic rings. The number of hydrogen-bond donors (Lipinski definition) is 3. The molecule has 0 aromatic heterocycles. The van der Waals surface area contributed by atoms with E-state index in [1.807, 2.05) is 18.2 Å². The van der Waals surface area contributed by atoms with Crippen molar-refractivity contribution in [3.8, 4) is 5.75 Å². The molecule has 0 fully saturated rings. The van der Waals surface area contributed by atoms with Crippen LogP contribution in [0.4, 0.5) is 0 Å². The van der Waals surface area contributed by atoms with E-state index in [-0.39, 0.29) is 25.0 Å². The zero-order valence-electron chi connectivity index (χ0n) is 9.89. The van der Waals surface area contributed by atoms with Gasteiger partial charge < -0.3 is 15.4 Å². The number of carbonyl (C=O) groups is 2. The lowest BCUT2D eigenvalue weighted by molar-refractivity contribution is -0.127. The predicted molar refractivity (Wildman–Crippen MR) is 71.8 cm³/mol. The van der Waals surface area contributed by atoms with E-state index in [1.54, 1.807) is 12.1 Å². The molecule has 5 nitrogen and oxygen atoms in total. The van der Waals surface area contributed by atoms with Gasteiger partial charge in [-0.15, -0.1) is 0 Å². The quantitative estimate of drug-likeness (QED) is 0.620. The molecule has 98 valence electrons. The Morgan fingerprint density at radius 3 is 2.50 bits per heavy atom. The Balaban J connectivity index is 2.16. The molecule has 1 rings (SSSR count). The lowest BCUT2D eigenvalue weighted by Crippen LogP contribution is -2.39. The summed E-state index contributed by atoms with van der Waals surface area (Å²) in [5.41, 5.74) is 0. The van der Waals surface area contributed by atoms with E-state index in [2.05, 4.69) is 23.3 Å². The van der Waals surface area contributed by atoms with Crippen LogP contribution in [0.3, 0.4) is 0 Å². The third-order valence-electron chi connectivity index (χ3n) is 1.99. The minimum atomic E-state index is -0.333. The first-order chi connectivity index (χ1) is 8.72. The van der Waals surface area contributed by atoms with Gasteiger partial charge in [-0.1, -0.05) is 18.2 Å². The van der Waals surface area contributed by atoms with Crippen molar-refractivity contribution in [2.24, 2.45) is 0 Å². The number of rotatable bonds is 7. The normalized spacial score (nSPS) is 9.61. The number of para-hydroxylation sites is 1. The van der Waals surface area contributed by atoms with Crippen LogP contribution in [0.1, 0.15) is 0 Å². The van der Waals surface area contributed by atoms with Gasteiger partial charge in [0.05, 0.1) is 6.54 Å². The van der Waals surface area contributed by atoms with Gasteiger partial charge in [-0.2, -0.15) is 12.6 Å². The average Bonchev–Trinajstić information content (AvgIpc) is 2.41. The number of benzene rings is 1. The summed E-state index contributed by atoms with van der Waals surface area (Å²) >= 11 is 3.96. The molecular weight excluding hydrogens is 252 g/mol. The highest BCUT2D eigenvalue weighted by atomic mass is 32.1. The molecule has 1 aromatic rings. The van der Waals surface area contributed by atoms with Gasteiger partial charge in [-0.05, 0) is 12.1 Å². The van der Waals surface area contributed by atoms with Gasteiger partial charge in [-0.25, -0.2) is 0 Å². The second-order valence-electron chi connectivity index (χ2n) is 3.45. The monoisotopic (exact) mass is 268 g/mol. The SMILES string of the molecule is O=C(CNC(=O)COc1ccccc1)NCCS. The molecule has 0 unspecified atom stereocenters. The molecule has 18 heavy (non-hydrogen) atoms. The Morgan fingerprint density at radius 1 is 1.11 bits per heavy atom. The summed E-state index contributed by atoms with van der Waals surface area (Å²) in [5, 5.41) is 5.05. The first-order valence-corrected chi connectivity index (χ1v) is 6.17. The summed E-state index contributed by atoms with van der Waals surface area (Å²) in [6.45, 7) is 0.326. The van der Waals surface area contributed by atoms with E-state index < -0.39 is 0 Å². The summed E-state index contributed by atoms with van der Waals surface area (Å²) in [5.74, 6) is 0.612. The molecular formula is C12H16N2O3S. The van der Waals surface area contributed by atoms with E-state index in [0.717, 1.165) is 0 Å². The molecule has 1 aromatic carbocycles. The smallest absolute Gasteiger partial charge is 0.258 e. The maximum atomic E-state index is 11.4. The largest absolute Gasteiger partial charge is 0.484 e. The molecule has 6 heteroatoms. The van der Waals surface area contributed by atoms with Crippen LogP contribution >= 0.6 is 12.6 Å². The van der Waals surface area contributed by atoms with E-state index in [9.17, 15) is 9.59 Å².